The van der Waals surface area contributed by atoms with Gasteiger partial charge in [-0.1, -0.05) is 22.0 Å². The Bertz CT molecular complexity index is 659. The van der Waals surface area contributed by atoms with E-state index in [-0.39, 0.29) is 11.6 Å². The van der Waals surface area contributed by atoms with E-state index in [4.69, 9.17) is 5.26 Å². The third kappa shape index (κ3) is 3.18. The smallest absolute Gasteiger partial charge is 0.257 e. The van der Waals surface area contributed by atoms with Crippen molar-refractivity contribution in [2.75, 3.05) is 5.32 Å². The molecule has 1 heterocycles. The third-order valence-corrected chi connectivity index (χ3v) is 3.08. The van der Waals surface area contributed by atoms with Crippen LogP contribution in [0.5, 0.6) is 0 Å². The van der Waals surface area contributed by atoms with Gasteiger partial charge in [0.05, 0.1) is 5.56 Å². The molecule has 0 atom stereocenters. The van der Waals surface area contributed by atoms with E-state index in [0.717, 1.165) is 15.7 Å². The Morgan fingerprint density at radius 3 is 2.79 bits per heavy atom. The number of anilines is 1. The van der Waals surface area contributed by atoms with Gasteiger partial charge in [0.2, 0.25) is 0 Å². The lowest BCUT2D eigenvalue weighted by atomic mass is 10.2. The first-order valence-corrected chi connectivity index (χ1v) is 6.33. The molecule has 19 heavy (non-hydrogen) atoms. The Balaban J connectivity index is 2.21. The lowest BCUT2D eigenvalue weighted by molar-refractivity contribution is 0.102. The summed E-state index contributed by atoms with van der Waals surface area (Å²) in [5.41, 5.74) is 2.41. The molecule has 94 valence electrons. The maximum absolute atomic E-state index is 12.0. The highest BCUT2D eigenvalue weighted by Gasteiger charge is 2.08. The molecular weight excluding hydrogens is 306 g/mol. The van der Waals surface area contributed by atoms with Crippen molar-refractivity contribution >= 4 is 27.5 Å². The van der Waals surface area contributed by atoms with E-state index in [1.54, 1.807) is 6.07 Å². The summed E-state index contributed by atoms with van der Waals surface area (Å²) in [6, 6.07) is 10.7. The Morgan fingerprint density at radius 2 is 2.16 bits per heavy atom. The molecule has 0 unspecified atom stereocenters. The zero-order chi connectivity index (χ0) is 13.8. The summed E-state index contributed by atoms with van der Waals surface area (Å²) in [6.45, 7) is 1.92. The second-order valence-electron chi connectivity index (χ2n) is 3.96. The Labute approximate surface area is 119 Å². The van der Waals surface area contributed by atoms with Crippen molar-refractivity contribution < 1.29 is 4.79 Å². The molecule has 4 nitrogen and oxygen atoms in total. The van der Waals surface area contributed by atoms with Crippen LogP contribution in [-0.4, -0.2) is 10.9 Å². The maximum Gasteiger partial charge on any atom is 0.257 e. The van der Waals surface area contributed by atoms with Crippen molar-refractivity contribution in [1.29, 1.82) is 5.26 Å². The van der Waals surface area contributed by atoms with Crippen molar-refractivity contribution in [3.05, 3.63) is 57.8 Å². The van der Waals surface area contributed by atoms with E-state index in [0.29, 0.717) is 5.56 Å². The summed E-state index contributed by atoms with van der Waals surface area (Å²) < 4.78 is 0.895. The minimum Gasteiger partial charge on any atom is -0.322 e. The molecule has 1 N–H and O–H groups in total. The number of halogens is 1. The second kappa shape index (κ2) is 5.63. The highest BCUT2D eigenvalue weighted by atomic mass is 79.9. The fourth-order valence-corrected chi connectivity index (χ4v) is 1.88. The lowest BCUT2D eigenvalue weighted by Gasteiger charge is -2.08. The van der Waals surface area contributed by atoms with Gasteiger partial charge in [0.15, 0.2) is 0 Å². The topological polar surface area (TPSA) is 65.8 Å². The van der Waals surface area contributed by atoms with E-state index >= 15 is 0 Å². The van der Waals surface area contributed by atoms with Crippen LogP contribution in [0.1, 0.15) is 21.6 Å². The molecule has 1 aromatic heterocycles. The fraction of sp³-hybridized carbons (Fsp3) is 0.0714. The Kier molecular flexibility index (Phi) is 3.93. The molecule has 0 spiro atoms. The van der Waals surface area contributed by atoms with Crippen molar-refractivity contribution in [2.24, 2.45) is 0 Å². The average Bonchev–Trinajstić information content (AvgIpc) is 2.43. The number of aryl methyl sites for hydroxylation is 1. The number of nitriles is 1. The number of nitrogens with one attached hydrogen (secondary N) is 1. The molecule has 0 aliphatic carbocycles. The number of aromatic nitrogens is 1. The molecule has 0 aliphatic rings. The zero-order valence-corrected chi connectivity index (χ0v) is 11.7. The highest BCUT2D eigenvalue weighted by Crippen LogP contribution is 2.21. The van der Waals surface area contributed by atoms with E-state index in [9.17, 15) is 4.79 Å². The van der Waals surface area contributed by atoms with Crippen molar-refractivity contribution in [2.45, 2.75) is 6.92 Å². The number of nitrogens with zero attached hydrogens (tertiary/aromatic N) is 2. The van der Waals surface area contributed by atoms with Gasteiger partial charge in [0, 0.05) is 16.4 Å². The van der Waals surface area contributed by atoms with Crippen LogP contribution in [0.15, 0.2) is 41.0 Å². The minimum atomic E-state index is -0.252. The largest absolute Gasteiger partial charge is 0.322 e. The zero-order valence-electron chi connectivity index (χ0n) is 10.1. The van der Waals surface area contributed by atoms with Crippen LogP contribution < -0.4 is 5.32 Å². The summed E-state index contributed by atoms with van der Waals surface area (Å²) in [4.78, 5) is 15.9. The molecule has 0 saturated heterocycles. The number of benzene rings is 1. The van der Waals surface area contributed by atoms with Gasteiger partial charge in [-0.2, -0.15) is 5.26 Å². The van der Waals surface area contributed by atoms with Crippen LogP contribution in [0.2, 0.25) is 0 Å². The molecule has 0 fully saturated rings. The first kappa shape index (κ1) is 13.2. The van der Waals surface area contributed by atoms with Crippen molar-refractivity contribution in [3.8, 4) is 6.07 Å². The summed E-state index contributed by atoms with van der Waals surface area (Å²) in [5.74, 6) is -0.252. The number of pyridine rings is 1. The van der Waals surface area contributed by atoms with E-state index in [1.165, 1.54) is 12.3 Å². The van der Waals surface area contributed by atoms with Gasteiger partial charge < -0.3 is 5.32 Å². The molecule has 1 amide bonds. The average molecular weight is 316 g/mol. The molecule has 0 saturated carbocycles. The first-order valence-electron chi connectivity index (χ1n) is 5.54. The SMILES string of the molecule is Cc1ccc(Br)cc1NC(=O)c1ccc(C#N)nc1. The number of amides is 1. The normalized spacial score (nSPS) is 9.74. The monoisotopic (exact) mass is 315 g/mol. The molecule has 0 radical (unpaired) electrons. The number of rotatable bonds is 2. The molecule has 5 heteroatoms. The molecule has 0 aliphatic heterocycles. The summed E-state index contributed by atoms with van der Waals surface area (Å²) >= 11 is 3.36. The molecule has 0 bridgehead atoms. The number of hydrogen-bond donors (Lipinski definition) is 1. The van der Waals surface area contributed by atoms with Gasteiger partial charge in [-0.15, -0.1) is 0 Å². The van der Waals surface area contributed by atoms with Crippen LogP contribution in [0.25, 0.3) is 0 Å². The van der Waals surface area contributed by atoms with Crippen LogP contribution in [0.3, 0.4) is 0 Å². The van der Waals surface area contributed by atoms with Gasteiger partial charge in [0.1, 0.15) is 11.8 Å². The Morgan fingerprint density at radius 1 is 1.37 bits per heavy atom. The lowest BCUT2D eigenvalue weighted by Crippen LogP contribution is -2.13. The summed E-state index contributed by atoms with van der Waals surface area (Å²) in [6.07, 6.45) is 1.39. The van der Waals surface area contributed by atoms with Crippen molar-refractivity contribution in [3.63, 3.8) is 0 Å². The van der Waals surface area contributed by atoms with Gasteiger partial charge >= 0.3 is 0 Å². The van der Waals surface area contributed by atoms with E-state index in [2.05, 4.69) is 26.2 Å². The molecule has 2 aromatic rings. The van der Waals surface area contributed by atoms with Gasteiger partial charge in [-0.3, -0.25) is 4.79 Å². The van der Waals surface area contributed by atoms with Crippen LogP contribution >= 0.6 is 15.9 Å². The predicted molar refractivity (Wildman–Crippen MR) is 75.8 cm³/mol. The molecular formula is C14H10BrN3O. The summed E-state index contributed by atoms with van der Waals surface area (Å²) in [5, 5.41) is 11.5. The maximum atomic E-state index is 12.0. The van der Waals surface area contributed by atoms with Crippen LogP contribution in [0, 0.1) is 18.3 Å². The minimum absolute atomic E-state index is 0.252. The van der Waals surface area contributed by atoms with Gasteiger partial charge in [-0.25, -0.2) is 4.98 Å². The van der Waals surface area contributed by atoms with Crippen LogP contribution in [-0.2, 0) is 0 Å². The Hall–Kier alpha value is -2.19. The highest BCUT2D eigenvalue weighted by molar-refractivity contribution is 9.10. The third-order valence-electron chi connectivity index (χ3n) is 2.59. The summed E-state index contributed by atoms with van der Waals surface area (Å²) in [7, 11) is 0. The van der Waals surface area contributed by atoms with E-state index in [1.807, 2.05) is 31.2 Å². The number of carbonyl (C=O) groups excluding carboxylic acids is 1. The second-order valence-corrected chi connectivity index (χ2v) is 4.87. The fourth-order valence-electron chi connectivity index (χ4n) is 1.52. The van der Waals surface area contributed by atoms with Gasteiger partial charge in [-0.05, 0) is 36.8 Å². The van der Waals surface area contributed by atoms with Gasteiger partial charge in [0.25, 0.3) is 5.91 Å². The molecule has 2 rings (SSSR count). The number of carbonyl (C=O) groups is 1. The van der Waals surface area contributed by atoms with Crippen molar-refractivity contribution in [1.82, 2.24) is 4.98 Å². The standard InChI is InChI=1S/C14H10BrN3O/c1-9-2-4-11(15)6-13(9)18-14(19)10-3-5-12(7-16)17-8-10/h2-6,8H,1H3,(H,18,19). The quantitative estimate of drug-likeness (QED) is 0.924. The van der Waals surface area contributed by atoms with E-state index < -0.39 is 0 Å². The number of hydrogen-bond acceptors (Lipinski definition) is 3. The molecule has 1 aromatic carbocycles. The van der Waals surface area contributed by atoms with Crippen LogP contribution in [0.4, 0.5) is 5.69 Å². The predicted octanol–water partition coefficient (Wildman–Crippen LogP) is 3.28. The first-order chi connectivity index (χ1) is 9.10.